The molecule has 1 N–H and O–H groups in total. The van der Waals surface area contributed by atoms with Crippen LogP contribution in [0.25, 0.3) is 0 Å². The third-order valence-electron chi connectivity index (χ3n) is 2.69. The molecule has 110 valence electrons. The largest absolute Gasteiger partial charge is 0.459 e. The maximum Gasteiger partial charge on any atom is 0.338 e. The zero-order valence-electron chi connectivity index (χ0n) is 12.2. The average Bonchev–Trinajstić information content (AvgIpc) is 2.85. The maximum atomic E-state index is 11.9. The summed E-state index contributed by atoms with van der Waals surface area (Å²) in [6, 6.07) is 9.83. The van der Waals surface area contributed by atoms with E-state index in [-0.39, 0.29) is 23.7 Å². The van der Waals surface area contributed by atoms with Gasteiger partial charge in [0.05, 0.1) is 11.7 Å². The predicted octanol–water partition coefficient (Wildman–Crippen LogP) is 3.41. The predicted molar refractivity (Wildman–Crippen MR) is 78.4 cm³/mol. The van der Waals surface area contributed by atoms with Crippen molar-refractivity contribution < 1.29 is 18.7 Å². The summed E-state index contributed by atoms with van der Waals surface area (Å²) in [5.74, 6) is 0.202. The van der Waals surface area contributed by atoms with Crippen LogP contribution in [0.15, 0.2) is 40.8 Å². The number of rotatable bonds is 4. The van der Waals surface area contributed by atoms with E-state index < -0.39 is 0 Å². The molecule has 0 radical (unpaired) electrons. The van der Waals surface area contributed by atoms with Gasteiger partial charge in [-0.05, 0) is 57.2 Å². The van der Waals surface area contributed by atoms with Crippen LogP contribution in [0.1, 0.15) is 40.5 Å². The lowest BCUT2D eigenvalue weighted by atomic mass is 10.2. The molecule has 1 aromatic heterocycles. The Hall–Kier alpha value is -2.56. The van der Waals surface area contributed by atoms with Gasteiger partial charge in [0.25, 0.3) is 5.91 Å². The first-order chi connectivity index (χ1) is 9.95. The fourth-order valence-corrected chi connectivity index (χ4v) is 1.72. The minimum atomic E-state index is -0.385. The van der Waals surface area contributed by atoms with E-state index in [1.165, 1.54) is 0 Å². The van der Waals surface area contributed by atoms with Crippen LogP contribution in [0.2, 0.25) is 0 Å². The lowest BCUT2D eigenvalue weighted by Gasteiger charge is -2.08. The Kier molecular flexibility index (Phi) is 4.42. The number of hydrogen-bond acceptors (Lipinski definition) is 4. The summed E-state index contributed by atoms with van der Waals surface area (Å²) in [6.07, 6.45) is -0.168. The first-order valence-corrected chi connectivity index (χ1v) is 6.64. The number of amides is 1. The van der Waals surface area contributed by atoms with Gasteiger partial charge in [0.15, 0.2) is 5.76 Å². The Labute approximate surface area is 122 Å². The topological polar surface area (TPSA) is 68.5 Å². The Morgan fingerprint density at radius 2 is 1.76 bits per heavy atom. The molecule has 5 heteroatoms. The molecular formula is C16H17NO4. The van der Waals surface area contributed by atoms with Crippen LogP contribution in [-0.4, -0.2) is 18.0 Å². The van der Waals surface area contributed by atoms with E-state index in [0.29, 0.717) is 17.0 Å². The quantitative estimate of drug-likeness (QED) is 0.875. The van der Waals surface area contributed by atoms with Gasteiger partial charge < -0.3 is 14.5 Å². The number of ether oxygens (including phenoxy) is 1. The molecule has 1 heterocycles. The van der Waals surface area contributed by atoms with Gasteiger partial charge in [-0.1, -0.05) is 0 Å². The zero-order chi connectivity index (χ0) is 15.4. The van der Waals surface area contributed by atoms with Crippen LogP contribution in [0.3, 0.4) is 0 Å². The van der Waals surface area contributed by atoms with Crippen molar-refractivity contribution in [3.05, 3.63) is 53.5 Å². The molecule has 0 unspecified atom stereocenters. The number of anilines is 1. The maximum absolute atomic E-state index is 11.9. The summed E-state index contributed by atoms with van der Waals surface area (Å²) in [6.45, 7) is 5.35. The van der Waals surface area contributed by atoms with E-state index >= 15 is 0 Å². The van der Waals surface area contributed by atoms with Gasteiger partial charge in [-0.3, -0.25) is 4.79 Å². The number of aryl methyl sites for hydroxylation is 1. The molecule has 2 rings (SSSR count). The number of esters is 1. The lowest BCUT2D eigenvalue weighted by molar-refractivity contribution is 0.0378. The molecule has 0 bridgehead atoms. The van der Waals surface area contributed by atoms with Gasteiger partial charge in [0.1, 0.15) is 5.76 Å². The normalized spacial score (nSPS) is 10.5. The standard InChI is InChI=1S/C16H17NO4/c1-10(2)20-16(19)12-5-7-13(8-6-12)17-15(18)14-9-4-11(3)21-14/h4-10H,1-3H3,(H,17,18). The first kappa shape index (κ1) is 14.8. The minimum absolute atomic E-state index is 0.168. The number of carbonyl (C=O) groups excluding carboxylic acids is 2. The molecule has 0 aliphatic carbocycles. The van der Waals surface area contributed by atoms with E-state index in [1.54, 1.807) is 57.2 Å². The Balaban J connectivity index is 2.02. The fraction of sp³-hybridized carbons (Fsp3) is 0.250. The Bertz CT molecular complexity index is 641. The van der Waals surface area contributed by atoms with Crippen molar-refractivity contribution in [1.29, 1.82) is 0 Å². The molecule has 21 heavy (non-hydrogen) atoms. The van der Waals surface area contributed by atoms with Crippen LogP contribution in [0.4, 0.5) is 5.69 Å². The molecule has 0 spiro atoms. The summed E-state index contributed by atoms with van der Waals surface area (Å²) in [7, 11) is 0. The molecule has 0 atom stereocenters. The second-order valence-corrected chi connectivity index (χ2v) is 4.90. The summed E-state index contributed by atoms with van der Waals surface area (Å²) < 4.78 is 10.3. The van der Waals surface area contributed by atoms with E-state index in [1.807, 2.05) is 0 Å². The van der Waals surface area contributed by atoms with Crippen LogP contribution < -0.4 is 5.32 Å². The summed E-state index contributed by atoms with van der Waals surface area (Å²) in [5.41, 5.74) is 1.02. The number of carbonyl (C=O) groups is 2. The molecule has 1 amide bonds. The molecule has 1 aromatic carbocycles. The van der Waals surface area contributed by atoms with Gasteiger partial charge in [-0.15, -0.1) is 0 Å². The van der Waals surface area contributed by atoms with Crippen molar-refractivity contribution in [3.63, 3.8) is 0 Å². The van der Waals surface area contributed by atoms with Crippen LogP contribution in [0.5, 0.6) is 0 Å². The second kappa shape index (κ2) is 6.26. The van der Waals surface area contributed by atoms with Crippen LogP contribution in [0, 0.1) is 6.92 Å². The van der Waals surface area contributed by atoms with Crippen LogP contribution >= 0.6 is 0 Å². The van der Waals surface area contributed by atoms with Crippen molar-refractivity contribution in [2.24, 2.45) is 0 Å². The number of nitrogens with one attached hydrogen (secondary N) is 1. The van der Waals surface area contributed by atoms with Gasteiger partial charge in [0, 0.05) is 5.69 Å². The molecule has 0 aliphatic heterocycles. The smallest absolute Gasteiger partial charge is 0.338 e. The second-order valence-electron chi connectivity index (χ2n) is 4.90. The minimum Gasteiger partial charge on any atom is -0.459 e. The van der Waals surface area contributed by atoms with E-state index in [2.05, 4.69) is 5.32 Å². The highest BCUT2D eigenvalue weighted by Gasteiger charge is 2.12. The zero-order valence-corrected chi connectivity index (χ0v) is 12.2. The van der Waals surface area contributed by atoms with Gasteiger partial charge >= 0.3 is 5.97 Å². The van der Waals surface area contributed by atoms with Crippen LogP contribution in [-0.2, 0) is 4.74 Å². The van der Waals surface area contributed by atoms with Crippen molar-refractivity contribution in [2.45, 2.75) is 26.9 Å². The molecule has 0 saturated carbocycles. The fourth-order valence-electron chi connectivity index (χ4n) is 1.72. The highest BCUT2D eigenvalue weighted by molar-refractivity contribution is 6.02. The van der Waals surface area contributed by atoms with E-state index in [0.717, 1.165) is 0 Å². The van der Waals surface area contributed by atoms with Crippen molar-refractivity contribution in [3.8, 4) is 0 Å². The number of benzene rings is 1. The highest BCUT2D eigenvalue weighted by atomic mass is 16.5. The first-order valence-electron chi connectivity index (χ1n) is 6.64. The van der Waals surface area contributed by atoms with Gasteiger partial charge in [0.2, 0.25) is 0 Å². The van der Waals surface area contributed by atoms with Gasteiger partial charge in [-0.2, -0.15) is 0 Å². The summed E-state index contributed by atoms with van der Waals surface area (Å²) in [4.78, 5) is 23.6. The third-order valence-corrected chi connectivity index (χ3v) is 2.69. The number of furan rings is 1. The molecule has 5 nitrogen and oxygen atoms in total. The van der Waals surface area contributed by atoms with Gasteiger partial charge in [-0.25, -0.2) is 4.79 Å². The van der Waals surface area contributed by atoms with Crippen molar-refractivity contribution in [2.75, 3.05) is 5.32 Å². The molecule has 0 aliphatic rings. The van der Waals surface area contributed by atoms with Crippen molar-refractivity contribution >= 4 is 17.6 Å². The SMILES string of the molecule is Cc1ccc(C(=O)Nc2ccc(C(=O)OC(C)C)cc2)o1. The van der Waals surface area contributed by atoms with E-state index in [4.69, 9.17) is 9.15 Å². The summed E-state index contributed by atoms with van der Waals surface area (Å²) >= 11 is 0. The third kappa shape index (κ3) is 3.95. The highest BCUT2D eigenvalue weighted by Crippen LogP contribution is 2.14. The number of hydrogen-bond donors (Lipinski definition) is 1. The van der Waals surface area contributed by atoms with Crippen molar-refractivity contribution in [1.82, 2.24) is 0 Å². The molecular weight excluding hydrogens is 270 g/mol. The average molecular weight is 287 g/mol. The Morgan fingerprint density at radius 3 is 2.29 bits per heavy atom. The lowest BCUT2D eigenvalue weighted by Crippen LogP contribution is -2.13. The Morgan fingerprint density at radius 1 is 1.10 bits per heavy atom. The molecule has 0 saturated heterocycles. The monoisotopic (exact) mass is 287 g/mol. The summed E-state index contributed by atoms with van der Waals surface area (Å²) in [5, 5.41) is 2.69. The molecule has 2 aromatic rings. The van der Waals surface area contributed by atoms with E-state index in [9.17, 15) is 9.59 Å². The molecule has 0 fully saturated rings.